The number of aromatic hydroxyl groups is 1. The predicted octanol–water partition coefficient (Wildman–Crippen LogP) is 4.08. The largest absolute Gasteiger partial charge is 0.508 e. The lowest BCUT2D eigenvalue weighted by Gasteiger charge is -2.32. The third-order valence-corrected chi connectivity index (χ3v) is 14.3. The van der Waals surface area contributed by atoms with Gasteiger partial charge in [0.1, 0.15) is 47.8 Å². The van der Waals surface area contributed by atoms with Crippen LogP contribution < -0.4 is 42.8 Å². The van der Waals surface area contributed by atoms with Gasteiger partial charge < -0.3 is 57.7 Å². The van der Waals surface area contributed by atoms with Gasteiger partial charge in [-0.25, -0.2) is 0 Å². The Kier molecular flexibility index (Phi) is 21.3. The smallest absolute Gasteiger partial charge is 0.251 e. The molecule has 7 atom stereocenters. The summed E-state index contributed by atoms with van der Waals surface area (Å²) >= 11 is 0. The molecule has 6 rings (SSSR count). The highest BCUT2D eigenvalue weighted by atomic mass is 16.5. The lowest BCUT2D eigenvalue weighted by Crippen LogP contribution is -2.60. The fraction of sp³-hybridized carbons (Fsp3) is 0.582. The van der Waals surface area contributed by atoms with Crippen molar-refractivity contribution in [3.8, 4) is 11.5 Å². The molecular formula is C55H79N9O9. The van der Waals surface area contributed by atoms with Crippen LogP contribution in [0.3, 0.4) is 0 Å². The number of hydrogen-bond donors (Lipinski definition) is 8. The first-order valence-electron chi connectivity index (χ1n) is 26.7. The van der Waals surface area contributed by atoms with Crippen molar-refractivity contribution in [3.63, 3.8) is 0 Å². The van der Waals surface area contributed by atoms with Crippen molar-refractivity contribution in [1.82, 2.24) is 36.4 Å². The molecule has 3 aromatic rings. The van der Waals surface area contributed by atoms with E-state index in [2.05, 4.69) is 33.5 Å². The number of rotatable bonds is 18. The first-order valence-corrected chi connectivity index (χ1v) is 26.7. The molecule has 0 bridgehead atoms. The van der Waals surface area contributed by atoms with Crippen molar-refractivity contribution < 1.29 is 43.4 Å². The minimum Gasteiger partial charge on any atom is -0.508 e. The van der Waals surface area contributed by atoms with Crippen molar-refractivity contribution in [3.05, 3.63) is 71.8 Å². The van der Waals surface area contributed by atoms with E-state index in [9.17, 15) is 38.7 Å². The van der Waals surface area contributed by atoms with Gasteiger partial charge in [0.05, 0.1) is 6.61 Å². The maximum absolute atomic E-state index is 14.6. The second kappa shape index (κ2) is 27.7. The fourth-order valence-corrected chi connectivity index (χ4v) is 10.0. The van der Waals surface area contributed by atoms with Crippen molar-refractivity contribution in [1.29, 1.82) is 0 Å². The molecule has 3 fully saturated rings. The van der Waals surface area contributed by atoms with Gasteiger partial charge in [0.2, 0.25) is 35.4 Å². The van der Waals surface area contributed by atoms with Crippen LogP contribution in [0.4, 0.5) is 0 Å². The highest BCUT2D eigenvalue weighted by Gasteiger charge is 2.43. The normalized spacial score (nSPS) is 23.8. The SMILES string of the molecule is CCCCCCCCOc1ccc2cc(C(=O)N[C@H]3CCCNC(=O)[C@@H]4C[C@H](N)CN4C(=O)[C@H](CCCCN)NC(=O)[C@H](CCc4ccc(O)cc4)NC(=O)[C@@H]4CCCN4C(=O)[C@H](C(C)C)NC3=O)ccc2c1. The molecule has 3 heterocycles. The summed E-state index contributed by atoms with van der Waals surface area (Å²) in [5.41, 5.74) is 13.3. The summed E-state index contributed by atoms with van der Waals surface area (Å²) in [6.07, 6.45) is 9.95. The highest BCUT2D eigenvalue weighted by molar-refractivity contribution is 6.02. The quantitative estimate of drug-likeness (QED) is 0.0842. The predicted molar refractivity (Wildman–Crippen MR) is 279 cm³/mol. The van der Waals surface area contributed by atoms with Crippen molar-refractivity contribution in [2.45, 2.75) is 166 Å². The number of benzene rings is 3. The number of fused-ring (bicyclic) bond motifs is 3. The first-order chi connectivity index (χ1) is 35.2. The lowest BCUT2D eigenvalue weighted by molar-refractivity contribution is -0.143. The number of nitrogens with two attached hydrogens (primary N) is 2. The summed E-state index contributed by atoms with van der Waals surface area (Å²) in [6.45, 7) is 7.13. The van der Waals surface area contributed by atoms with Crippen LogP contribution in [0.15, 0.2) is 60.7 Å². The number of carbonyl (C=O) groups is 7. The minimum absolute atomic E-state index is 0.0704. The lowest BCUT2D eigenvalue weighted by atomic mass is 10.00. The zero-order chi connectivity index (χ0) is 52.4. The number of carbonyl (C=O) groups excluding carboxylic acids is 7. The summed E-state index contributed by atoms with van der Waals surface area (Å²) in [7, 11) is 0. The van der Waals surface area contributed by atoms with Crippen LogP contribution in [0.1, 0.15) is 133 Å². The molecule has 398 valence electrons. The zero-order valence-corrected chi connectivity index (χ0v) is 43.0. The number of unbranched alkanes of at least 4 members (excludes halogenated alkanes) is 6. The molecule has 0 unspecified atom stereocenters. The average Bonchev–Trinajstić information content (AvgIpc) is 4.04. The Hall–Kier alpha value is -6.27. The number of aryl methyl sites for hydroxylation is 1. The number of nitrogens with one attached hydrogen (secondary N) is 5. The summed E-state index contributed by atoms with van der Waals surface area (Å²) in [6, 6.07) is 10.6. The van der Waals surface area contributed by atoms with E-state index in [4.69, 9.17) is 16.2 Å². The van der Waals surface area contributed by atoms with Gasteiger partial charge in [0.15, 0.2) is 0 Å². The fourth-order valence-electron chi connectivity index (χ4n) is 10.0. The Morgan fingerprint density at radius 1 is 0.753 bits per heavy atom. The number of nitrogens with zero attached hydrogens (tertiary/aromatic N) is 2. The van der Waals surface area contributed by atoms with Gasteiger partial charge in [-0.3, -0.25) is 33.6 Å². The molecule has 7 amide bonds. The monoisotopic (exact) mass is 1010 g/mol. The topological polar surface area (TPSA) is 268 Å². The van der Waals surface area contributed by atoms with E-state index >= 15 is 0 Å². The molecule has 3 aliphatic heterocycles. The van der Waals surface area contributed by atoms with E-state index in [1.165, 1.54) is 47.6 Å². The van der Waals surface area contributed by atoms with E-state index in [1.807, 2.05) is 24.3 Å². The van der Waals surface area contributed by atoms with Gasteiger partial charge in [-0.05, 0) is 136 Å². The average molecular weight is 1010 g/mol. The number of phenolic OH excluding ortho intramolecular Hbond substituents is 1. The number of phenols is 1. The third kappa shape index (κ3) is 15.9. The van der Waals surface area contributed by atoms with E-state index in [-0.39, 0.29) is 57.5 Å². The third-order valence-electron chi connectivity index (χ3n) is 14.3. The number of ether oxygens (including phenoxy) is 1. The number of amides is 7. The maximum Gasteiger partial charge on any atom is 0.251 e. The van der Waals surface area contributed by atoms with E-state index < -0.39 is 89.6 Å². The summed E-state index contributed by atoms with van der Waals surface area (Å²) in [5, 5.41) is 26.1. The highest BCUT2D eigenvalue weighted by Crippen LogP contribution is 2.25. The van der Waals surface area contributed by atoms with Crippen LogP contribution in [0.5, 0.6) is 11.5 Å². The molecule has 0 saturated carbocycles. The Balaban J connectivity index is 1.25. The van der Waals surface area contributed by atoms with Crippen LogP contribution in [-0.2, 0) is 35.2 Å². The van der Waals surface area contributed by atoms with Crippen LogP contribution in [0, 0.1) is 5.92 Å². The molecule has 10 N–H and O–H groups in total. The molecule has 0 radical (unpaired) electrons. The second-order valence-corrected chi connectivity index (χ2v) is 20.3. The molecule has 3 saturated heterocycles. The van der Waals surface area contributed by atoms with Crippen LogP contribution in [-0.4, -0.2) is 131 Å². The molecule has 18 nitrogen and oxygen atoms in total. The molecule has 0 spiro atoms. The van der Waals surface area contributed by atoms with Crippen molar-refractivity contribution >= 4 is 52.1 Å². The van der Waals surface area contributed by atoms with Gasteiger partial charge >= 0.3 is 0 Å². The molecule has 73 heavy (non-hydrogen) atoms. The molecular weight excluding hydrogens is 931 g/mol. The molecule has 3 aliphatic rings. The number of hydrogen-bond acceptors (Lipinski definition) is 11. The summed E-state index contributed by atoms with van der Waals surface area (Å²) in [4.78, 5) is 103. The Morgan fingerprint density at radius 3 is 2.23 bits per heavy atom. The molecule has 0 aliphatic carbocycles. The van der Waals surface area contributed by atoms with Gasteiger partial charge in [-0.15, -0.1) is 0 Å². The van der Waals surface area contributed by atoms with Crippen molar-refractivity contribution in [2.24, 2.45) is 17.4 Å². The first kappa shape index (κ1) is 56.0. The molecule has 0 aromatic heterocycles. The van der Waals surface area contributed by atoms with Gasteiger partial charge in [0.25, 0.3) is 5.91 Å². The Labute approximate surface area is 429 Å². The molecule has 3 aromatic carbocycles. The maximum atomic E-state index is 14.6. The van der Waals surface area contributed by atoms with Gasteiger partial charge in [0, 0.05) is 31.2 Å². The zero-order valence-electron chi connectivity index (χ0n) is 43.0. The van der Waals surface area contributed by atoms with Crippen LogP contribution in [0.25, 0.3) is 10.8 Å². The Morgan fingerprint density at radius 2 is 1.48 bits per heavy atom. The van der Waals surface area contributed by atoms with Crippen LogP contribution >= 0.6 is 0 Å². The summed E-state index contributed by atoms with van der Waals surface area (Å²) < 4.78 is 6.03. The summed E-state index contributed by atoms with van der Waals surface area (Å²) in [5.74, 6) is -3.37. The van der Waals surface area contributed by atoms with Gasteiger partial charge in [-0.2, -0.15) is 0 Å². The van der Waals surface area contributed by atoms with E-state index in [0.29, 0.717) is 50.8 Å². The van der Waals surface area contributed by atoms with E-state index in [0.717, 1.165) is 34.9 Å². The van der Waals surface area contributed by atoms with Gasteiger partial charge in [-0.1, -0.05) is 77.1 Å². The Bertz CT molecular complexity index is 2360. The molecule has 18 heteroatoms. The minimum atomic E-state index is -1.16. The standard InChI is InChI=1S/C55H79N9O9/c1-4-5-6-7-8-11-30-73-42-25-22-37-31-39(21-20-38(37)32-42)49(66)59-43-15-12-28-58-52(69)47-33-40(57)34-64(47)54(71)45(14-9-10-27-56)61-50(67)44(26-19-36-17-23-41(65)24-18-36)60-53(70)46-16-13-29-63(46)55(72)48(35(2)3)62-51(43)68/h17-18,20-25,31-32,35,40,43-48,65H,4-16,19,26-30,33-34,56-57H2,1-3H3,(H,58,69)(H,59,66)(H,60,70)(H,61,67)(H,62,68)/t40-,43-,44-,45-,46-,47-,48-/m0/s1. The van der Waals surface area contributed by atoms with Crippen molar-refractivity contribution in [2.75, 3.05) is 32.8 Å². The van der Waals surface area contributed by atoms with Crippen LogP contribution in [0.2, 0.25) is 0 Å². The van der Waals surface area contributed by atoms with E-state index in [1.54, 1.807) is 38.1 Å². The second-order valence-electron chi connectivity index (χ2n) is 20.3.